The van der Waals surface area contributed by atoms with Gasteiger partial charge >= 0.3 is 0 Å². The number of allylic oxidation sites excluding steroid dienone is 2. The molecule has 0 spiro atoms. The van der Waals surface area contributed by atoms with Crippen LogP contribution in [0.4, 0.5) is 0 Å². The summed E-state index contributed by atoms with van der Waals surface area (Å²) in [4.78, 5) is 0. The third-order valence-electron chi connectivity index (χ3n) is 3.28. The molecule has 0 atom stereocenters. The maximum atomic E-state index is 2.22. The highest BCUT2D eigenvalue weighted by Gasteiger charge is 1.90. The molecule has 0 heterocycles. The first kappa shape index (κ1) is 14.3. The third-order valence-corrected chi connectivity index (χ3v) is 3.28. The first-order valence-corrected chi connectivity index (χ1v) is 7.28. The van der Waals surface area contributed by atoms with Crippen molar-refractivity contribution in [3.8, 4) is 0 Å². The van der Waals surface area contributed by atoms with Crippen LogP contribution in [0.1, 0.15) is 35.6 Å². The smallest absolute Gasteiger partial charge is 0.0256 e. The zero-order valence-corrected chi connectivity index (χ0v) is 12.3. The molecule has 0 saturated heterocycles. The monoisotopic (exact) mass is 262 g/mol. The van der Waals surface area contributed by atoms with Gasteiger partial charge in [0.2, 0.25) is 0 Å². The van der Waals surface area contributed by atoms with E-state index in [1.54, 1.807) is 0 Å². The summed E-state index contributed by atoms with van der Waals surface area (Å²) >= 11 is 0. The van der Waals surface area contributed by atoms with Crippen molar-refractivity contribution < 1.29 is 0 Å². The highest BCUT2D eigenvalue weighted by atomic mass is 14.0. The van der Waals surface area contributed by atoms with E-state index in [-0.39, 0.29) is 0 Å². The van der Waals surface area contributed by atoms with Crippen LogP contribution in [0.25, 0.3) is 12.2 Å². The predicted molar refractivity (Wildman–Crippen MR) is 89.7 cm³/mol. The molecule has 0 amide bonds. The summed E-state index contributed by atoms with van der Waals surface area (Å²) in [5, 5.41) is 0. The Kier molecular flexibility index (Phi) is 5.37. The Hall–Kier alpha value is -2.08. The normalized spacial score (nSPS) is 11.5. The van der Waals surface area contributed by atoms with Crippen molar-refractivity contribution in [1.82, 2.24) is 0 Å². The van der Waals surface area contributed by atoms with Gasteiger partial charge in [0, 0.05) is 0 Å². The van der Waals surface area contributed by atoms with Gasteiger partial charge in [0.15, 0.2) is 0 Å². The van der Waals surface area contributed by atoms with E-state index in [0.29, 0.717) is 0 Å². The SMILES string of the molecule is CCCc1ccc(/C=C/C=C/c2ccc(C)cc2)cc1. The fourth-order valence-corrected chi connectivity index (χ4v) is 2.09. The quantitative estimate of drug-likeness (QED) is 0.609. The Balaban J connectivity index is 1.94. The van der Waals surface area contributed by atoms with Gasteiger partial charge in [-0.3, -0.25) is 0 Å². The summed E-state index contributed by atoms with van der Waals surface area (Å²) in [7, 11) is 0. The molecule has 0 saturated carbocycles. The highest BCUT2D eigenvalue weighted by molar-refractivity contribution is 5.57. The van der Waals surface area contributed by atoms with E-state index in [0.717, 1.165) is 6.42 Å². The molecule has 0 aliphatic carbocycles. The van der Waals surface area contributed by atoms with Crippen molar-refractivity contribution in [2.24, 2.45) is 0 Å². The fraction of sp³-hybridized carbons (Fsp3) is 0.200. The molecular formula is C20H22. The molecule has 20 heavy (non-hydrogen) atoms. The second-order valence-corrected chi connectivity index (χ2v) is 5.12. The lowest BCUT2D eigenvalue weighted by atomic mass is 10.1. The predicted octanol–water partition coefficient (Wildman–Crippen LogP) is 5.67. The van der Waals surface area contributed by atoms with E-state index < -0.39 is 0 Å². The molecule has 0 fully saturated rings. The summed E-state index contributed by atoms with van der Waals surface area (Å²) in [6.45, 7) is 4.32. The Labute approximate surface area is 122 Å². The molecule has 0 heteroatoms. The number of hydrogen-bond donors (Lipinski definition) is 0. The van der Waals surface area contributed by atoms with E-state index in [1.807, 2.05) is 0 Å². The minimum atomic E-state index is 1.16. The highest BCUT2D eigenvalue weighted by Crippen LogP contribution is 2.09. The molecule has 0 N–H and O–H groups in total. The number of hydrogen-bond acceptors (Lipinski definition) is 0. The summed E-state index contributed by atoms with van der Waals surface area (Å²) in [5.74, 6) is 0. The summed E-state index contributed by atoms with van der Waals surface area (Å²) in [6, 6.07) is 17.3. The summed E-state index contributed by atoms with van der Waals surface area (Å²) < 4.78 is 0. The van der Waals surface area contributed by atoms with Crippen LogP contribution in [0, 0.1) is 6.92 Å². The van der Waals surface area contributed by atoms with Gasteiger partial charge < -0.3 is 0 Å². The largest absolute Gasteiger partial charge is 0.0651 e. The molecule has 102 valence electrons. The third kappa shape index (κ3) is 4.55. The van der Waals surface area contributed by atoms with Crippen LogP contribution in [0.3, 0.4) is 0 Å². The average molecular weight is 262 g/mol. The van der Waals surface area contributed by atoms with Gasteiger partial charge in [-0.1, -0.05) is 91.7 Å². The fourth-order valence-electron chi connectivity index (χ4n) is 2.09. The van der Waals surface area contributed by atoms with Crippen molar-refractivity contribution in [3.05, 3.63) is 82.9 Å². The molecule has 2 aromatic carbocycles. The molecule has 0 bridgehead atoms. The Morgan fingerprint density at radius 1 is 0.750 bits per heavy atom. The molecule has 0 aromatic heterocycles. The second kappa shape index (κ2) is 7.49. The molecular weight excluding hydrogens is 240 g/mol. The summed E-state index contributed by atoms with van der Waals surface area (Å²) in [5.41, 5.74) is 5.20. The average Bonchev–Trinajstić information content (AvgIpc) is 2.47. The Bertz CT molecular complexity index is 568. The number of rotatable bonds is 5. The molecule has 0 unspecified atom stereocenters. The minimum absolute atomic E-state index is 1.16. The lowest BCUT2D eigenvalue weighted by Crippen LogP contribution is -1.82. The van der Waals surface area contributed by atoms with Crippen molar-refractivity contribution in [2.75, 3.05) is 0 Å². The Morgan fingerprint density at radius 2 is 1.25 bits per heavy atom. The first-order chi connectivity index (χ1) is 9.78. The van der Waals surface area contributed by atoms with Crippen LogP contribution >= 0.6 is 0 Å². The van der Waals surface area contributed by atoms with Crippen LogP contribution in [-0.4, -0.2) is 0 Å². The van der Waals surface area contributed by atoms with Gasteiger partial charge in [0.05, 0.1) is 0 Å². The van der Waals surface area contributed by atoms with E-state index in [1.165, 1.54) is 28.7 Å². The standard InChI is InChI=1S/C20H22/c1-3-6-18-13-15-20(16-14-18)8-5-4-7-19-11-9-17(2)10-12-19/h4-5,7-16H,3,6H2,1-2H3/b7-4+,8-5+. The zero-order chi connectivity index (χ0) is 14.2. The van der Waals surface area contributed by atoms with Gasteiger partial charge in [0.1, 0.15) is 0 Å². The minimum Gasteiger partial charge on any atom is -0.0651 e. The topological polar surface area (TPSA) is 0 Å². The van der Waals surface area contributed by atoms with Crippen LogP contribution in [0.15, 0.2) is 60.7 Å². The van der Waals surface area contributed by atoms with Gasteiger partial charge in [-0.05, 0) is 30.0 Å². The second-order valence-electron chi connectivity index (χ2n) is 5.12. The Morgan fingerprint density at radius 3 is 1.75 bits per heavy atom. The van der Waals surface area contributed by atoms with Crippen molar-refractivity contribution >= 4 is 12.2 Å². The maximum Gasteiger partial charge on any atom is -0.0256 e. The molecule has 0 nitrogen and oxygen atoms in total. The van der Waals surface area contributed by atoms with E-state index in [9.17, 15) is 0 Å². The zero-order valence-electron chi connectivity index (χ0n) is 12.3. The molecule has 0 radical (unpaired) electrons. The molecule has 2 rings (SSSR count). The number of benzene rings is 2. The molecule has 0 aliphatic rings. The van der Waals surface area contributed by atoms with Crippen LogP contribution < -0.4 is 0 Å². The van der Waals surface area contributed by atoms with Crippen LogP contribution in [-0.2, 0) is 6.42 Å². The molecule has 2 aromatic rings. The van der Waals surface area contributed by atoms with Gasteiger partial charge in [-0.25, -0.2) is 0 Å². The van der Waals surface area contributed by atoms with Gasteiger partial charge in [-0.2, -0.15) is 0 Å². The van der Waals surface area contributed by atoms with Gasteiger partial charge in [-0.15, -0.1) is 0 Å². The van der Waals surface area contributed by atoms with E-state index in [2.05, 4.69) is 86.7 Å². The first-order valence-electron chi connectivity index (χ1n) is 7.28. The lowest BCUT2D eigenvalue weighted by molar-refractivity contribution is 0.922. The van der Waals surface area contributed by atoms with Crippen molar-refractivity contribution in [3.63, 3.8) is 0 Å². The lowest BCUT2D eigenvalue weighted by Gasteiger charge is -1.98. The summed E-state index contributed by atoms with van der Waals surface area (Å²) in [6.07, 6.45) is 10.8. The molecule has 0 aliphatic heterocycles. The van der Waals surface area contributed by atoms with Crippen molar-refractivity contribution in [2.45, 2.75) is 26.7 Å². The van der Waals surface area contributed by atoms with Crippen molar-refractivity contribution in [1.29, 1.82) is 0 Å². The van der Waals surface area contributed by atoms with E-state index in [4.69, 9.17) is 0 Å². The maximum absolute atomic E-state index is 2.22. The van der Waals surface area contributed by atoms with Gasteiger partial charge in [0.25, 0.3) is 0 Å². The van der Waals surface area contributed by atoms with Crippen LogP contribution in [0.2, 0.25) is 0 Å². The number of aryl methyl sites for hydroxylation is 2. The van der Waals surface area contributed by atoms with E-state index >= 15 is 0 Å². The van der Waals surface area contributed by atoms with Crippen LogP contribution in [0.5, 0.6) is 0 Å².